The molecule has 0 radical (unpaired) electrons. The fraction of sp³-hybridized carbons (Fsp3) is 0.600. The van der Waals surface area contributed by atoms with Crippen LogP contribution in [0.25, 0.3) is 0 Å². The highest BCUT2D eigenvalue weighted by Gasteiger charge is 2.43. The topological polar surface area (TPSA) is 55.4 Å². The lowest BCUT2D eigenvalue weighted by molar-refractivity contribution is -0.165. The number of benzene rings is 2. The standard InChI is InChI=1S/C30H47BF3O6Si/c1-8-26(21-36-23-35-5)28(40-31(32,33)34)29(38-20-25-17-13-10-14-18-25)27(22-39-41(6,7)30(2,3)4)37-19-24-15-11-9-12-16-24/h9-18,26-29H,8,19-23H2,1-7H3/q-1/t26?,27-,28?,29+/m0/s1. The Morgan fingerprint density at radius 3 is 1.80 bits per heavy atom. The summed E-state index contributed by atoms with van der Waals surface area (Å²) in [4.78, 5) is 0. The molecule has 6 nitrogen and oxygen atoms in total. The van der Waals surface area contributed by atoms with Gasteiger partial charge < -0.3 is 41.0 Å². The van der Waals surface area contributed by atoms with E-state index in [4.69, 9.17) is 28.0 Å². The molecule has 4 atom stereocenters. The van der Waals surface area contributed by atoms with Crippen molar-refractivity contribution in [2.75, 3.05) is 27.1 Å². The van der Waals surface area contributed by atoms with Crippen LogP contribution in [0.15, 0.2) is 60.7 Å². The molecule has 0 fully saturated rings. The number of hydrogen-bond acceptors (Lipinski definition) is 6. The second-order valence-corrected chi connectivity index (χ2v) is 16.5. The van der Waals surface area contributed by atoms with Crippen molar-refractivity contribution in [3.8, 4) is 0 Å². The molecule has 2 aromatic rings. The second kappa shape index (κ2) is 16.8. The molecule has 0 saturated carbocycles. The molecule has 0 heterocycles. The van der Waals surface area contributed by atoms with Gasteiger partial charge >= 0.3 is 7.18 Å². The average Bonchev–Trinajstić information content (AvgIpc) is 2.91. The Kier molecular flexibility index (Phi) is 14.5. The fourth-order valence-corrected chi connectivity index (χ4v) is 5.08. The zero-order chi connectivity index (χ0) is 30.5. The highest BCUT2D eigenvalue weighted by molar-refractivity contribution is 6.74. The Morgan fingerprint density at radius 2 is 1.34 bits per heavy atom. The minimum atomic E-state index is -5.62. The molecule has 0 bridgehead atoms. The number of ether oxygens (including phenoxy) is 4. The minimum absolute atomic E-state index is 0.000853. The average molecular weight is 600 g/mol. The second-order valence-electron chi connectivity index (χ2n) is 11.7. The maximum atomic E-state index is 14.0. The van der Waals surface area contributed by atoms with Crippen LogP contribution in [-0.4, -0.2) is 60.9 Å². The monoisotopic (exact) mass is 599 g/mol. The van der Waals surface area contributed by atoms with Gasteiger partial charge in [0.15, 0.2) is 8.32 Å². The molecule has 41 heavy (non-hydrogen) atoms. The lowest BCUT2D eigenvalue weighted by Gasteiger charge is -2.43. The number of rotatable bonds is 19. The summed E-state index contributed by atoms with van der Waals surface area (Å²) in [7, 11) is -6.44. The van der Waals surface area contributed by atoms with Crippen molar-refractivity contribution in [3.05, 3.63) is 71.8 Å². The molecule has 0 aliphatic heterocycles. The van der Waals surface area contributed by atoms with Gasteiger partial charge in [0.2, 0.25) is 0 Å². The highest BCUT2D eigenvalue weighted by atomic mass is 28.4. The van der Waals surface area contributed by atoms with Crippen LogP contribution in [-0.2, 0) is 41.2 Å². The first-order valence-corrected chi connectivity index (χ1v) is 17.1. The van der Waals surface area contributed by atoms with Crippen molar-refractivity contribution in [2.24, 2.45) is 5.92 Å². The van der Waals surface area contributed by atoms with E-state index >= 15 is 0 Å². The minimum Gasteiger partial charge on any atom is -0.503 e. The Labute approximate surface area is 245 Å². The molecule has 2 aromatic carbocycles. The largest absolute Gasteiger partial charge is 0.637 e. The zero-order valence-electron chi connectivity index (χ0n) is 25.5. The van der Waals surface area contributed by atoms with Gasteiger partial charge in [0.25, 0.3) is 0 Å². The maximum absolute atomic E-state index is 14.0. The van der Waals surface area contributed by atoms with Crippen molar-refractivity contribution in [2.45, 2.75) is 83.8 Å². The predicted octanol–water partition coefficient (Wildman–Crippen LogP) is 7.56. The van der Waals surface area contributed by atoms with Crippen molar-refractivity contribution >= 4 is 15.5 Å². The molecule has 232 valence electrons. The van der Waals surface area contributed by atoms with E-state index in [0.29, 0.717) is 6.42 Å². The first kappa shape index (κ1) is 35.5. The van der Waals surface area contributed by atoms with Crippen molar-refractivity contribution < 1.29 is 41.0 Å². The summed E-state index contributed by atoms with van der Waals surface area (Å²) >= 11 is 0. The zero-order valence-corrected chi connectivity index (χ0v) is 26.5. The summed E-state index contributed by atoms with van der Waals surface area (Å²) in [6, 6.07) is 18.8. The quantitative estimate of drug-likeness (QED) is 0.0944. The van der Waals surface area contributed by atoms with Gasteiger partial charge in [0.1, 0.15) is 19.0 Å². The summed E-state index contributed by atoms with van der Waals surface area (Å²) in [5, 5.41) is -0.109. The normalized spacial score (nSPS) is 15.9. The van der Waals surface area contributed by atoms with Gasteiger partial charge in [-0.2, -0.15) is 0 Å². The lowest BCUT2D eigenvalue weighted by atomic mass is 9.91. The van der Waals surface area contributed by atoms with Gasteiger partial charge in [0.05, 0.1) is 32.5 Å². The van der Waals surface area contributed by atoms with E-state index < -0.39 is 39.7 Å². The van der Waals surface area contributed by atoms with Crippen LogP contribution < -0.4 is 0 Å². The summed E-state index contributed by atoms with van der Waals surface area (Å²) in [6.45, 7) is 12.6. The van der Waals surface area contributed by atoms with E-state index in [1.807, 2.05) is 60.7 Å². The van der Waals surface area contributed by atoms with Crippen molar-refractivity contribution in [3.63, 3.8) is 0 Å². The van der Waals surface area contributed by atoms with Crippen LogP contribution in [0.3, 0.4) is 0 Å². The molecule has 0 amide bonds. The summed E-state index contributed by atoms with van der Waals surface area (Å²) in [5.41, 5.74) is 1.71. The third-order valence-electron chi connectivity index (χ3n) is 7.53. The van der Waals surface area contributed by atoms with E-state index in [9.17, 15) is 12.9 Å². The molecule has 0 aliphatic carbocycles. The number of methoxy groups -OCH3 is 1. The van der Waals surface area contributed by atoms with E-state index in [1.54, 1.807) is 6.92 Å². The Balaban J connectivity index is 2.51. The first-order chi connectivity index (χ1) is 19.3. The van der Waals surface area contributed by atoms with Gasteiger partial charge in [-0.25, -0.2) is 0 Å². The van der Waals surface area contributed by atoms with Crippen molar-refractivity contribution in [1.82, 2.24) is 0 Å². The Hall–Kier alpha value is -1.73. The van der Waals surface area contributed by atoms with Gasteiger partial charge in [0, 0.05) is 13.0 Å². The highest BCUT2D eigenvalue weighted by Crippen LogP contribution is 2.37. The maximum Gasteiger partial charge on any atom is 0.637 e. The molecular formula is C30H47BF3O6Si-. The smallest absolute Gasteiger partial charge is 0.503 e. The predicted molar refractivity (Wildman–Crippen MR) is 159 cm³/mol. The molecule has 0 N–H and O–H groups in total. The van der Waals surface area contributed by atoms with E-state index in [-0.39, 0.29) is 38.3 Å². The Morgan fingerprint density at radius 1 is 0.805 bits per heavy atom. The summed E-state index contributed by atoms with van der Waals surface area (Å²) < 4.78 is 76.7. The molecule has 0 aromatic heterocycles. The van der Waals surface area contributed by atoms with Crippen LogP contribution >= 0.6 is 0 Å². The summed E-state index contributed by atoms with van der Waals surface area (Å²) in [5.74, 6) is -0.648. The Bertz CT molecular complexity index is 976. The van der Waals surface area contributed by atoms with Gasteiger partial charge in [-0.05, 0) is 35.7 Å². The van der Waals surface area contributed by atoms with Gasteiger partial charge in [-0.1, -0.05) is 88.4 Å². The molecule has 0 aliphatic rings. The van der Waals surface area contributed by atoms with Gasteiger partial charge in [-0.3, -0.25) is 0 Å². The van der Waals surface area contributed by atoms with Crippen LogP contribution in [0.5, 0.6) is 0 Å². The third kappa shape index (κ3) is 12.6. The third-order valence-corrected chi connectivity index (χ3v) is 12.0. The van der Waals surface area contributed by atoms with Crippen LogP contribution in [0.2, 0.25) is 18.1 Å². The molecular weight excluding hydrogens is 552 g/mol. The number of halogens is 3. The van der Waals surface area contributed by atoms with Crippen LogP contribution in [0, 0.1) is 5.92 Å². The van der Waals surface area contributed by atoms with E-state index in [0.717, 1.165) is 11.1 Å². The van der Waals surface area contributed by atoms with E-state index in [1.165, 1.54) is 7.11 Å². The van der Waals surface area contributed by atoms with Crippen LogP contribution in [0.1, 0.15) is 45.2 Å². The molecule has 2 rings (SSSR count). The van der Waals surface area contributed by atoms with Crippen LogP contribution in [0.4, 0.5) is 12.9 Å². The molecule has 2 unspecified atom stereocenters. The lowest BCUT2D eigenvalue weighted by Crippen LogP contribution is -2.53. The molecule has 0 spiro atoms. The van der Waals surface area contributed by atoms with Crippen molar-refractivity contribution in [1.29, 1.82) is 0 Å². The number of hydrogen-bond donors (Lipinski definition) is 0. The SMILES string of the molecule is CCC(COCOC)C(O[B-](F)(F)F)[C@H](OCc1ccccc1)[C@H](CO[Si](C)(C)C(C)(C)C)OCc1ccccc1. The first-order valence-electron chi connectivity index (χ1n) is 14.2. The van der Waals surface area contributed by atoms with E-state index in [2.05, 4.69) is 33.9 Å². The molecule has 11 heteroatoms. The fourth-order valence-electron chi connectivity index (χ4n) is 4.07. The summed E-state index contributed by atoms with van der Waals surface area (Å²) in [6.07, 6.45) is -3.00. The molecule has 0 saturated heterocycles. The van der Waals surface area contributed by atoms with Gasteiger partial charge in [-0.15, -0.1) is 0 Å².